The number of benzene rings is 2. The van der Waals surface area contributed by atoms with Crippen molar-refractivity contribution < 1.29 is 12.8 Å². The average Bonchev–Trinajstić information content (AvgIpc) is 3.04. The number of hydrogen-bond acceptors (Lipinski definition) is 5. The first-order valence-electron chi connectivity index (χ1n) is 7.82. The van der Waals surface area contributed by atoms with Crippen molar-refractivity contribution in [1.29, 1.82) is 0 Å². The SMILES string of the molecule is CNCCc1nc(-c2ccc(S(N)(=O)=O)cc2)c(-c2ccccc2)o1. The third-order valence-electron chi connectivity index (χ3n) is 3.75. The van der Waals surface area contributed by atoms with E-state index in [-0.39, 0.29) is 4.90 Å². The van der Waals surface area contributed by atoms with Gasteiger partial charge in [-0.15, -0.1) is 0 Å². The van der Waals surface area contributed by atoms with E-state index in [1.165, 1.54) is 12.1 Å². The Morgan fingerprint density at radius 2 is 1.72 bits per heavy atom. The van der Waals surface area contributed by atoms with Crippen LogP contribution in [0.4, 0.5) is 0 Å². The zero-order valence-electron chi connectivity index (χ0n) is 13.8. The van der Waals surface area contributed by atoms with Gasteiger partial charge in [0.25, 0.3) is 0 Å². The summed E-state index contributed by atoms with van der Waals surface area (Å²) < 4.78 is 28.8. The fourth-order valence-corrected chi connectivity index (χ4v) is 3.00. The quantitative estimate of drug-likeness (QED) is 0.706. The number of nitrogens with zero attached hydrogens (tertiary/aromatic N) is 1. The van der Waals surface area contributed by atoms with Crippen LogP contribution in [0.15, 0.2) is 63.9 Å². The van der Waals surface area contributed by atoms with Gasteiger partial charge in [-0.05, 0) is 19.2 Å². The molecule has 0 aliphatic heterocycles. The predicted octanol–water partition coefficient (Wildman–Crippen LogP) is 2.42. The molecule has 7 heteroatoms. The minimum atomic E-state index is -3.72. The summed E-state index contributed by atoms with van der Waals surface area (Å²) in [5.41, 5.74) is 2.36. The van der Waals surface area contributed by atoms with Crippen LogP contribution in [-0.2, 0) is 16.4 Å². The molecule has 0 aliphatic rings. The first-order valence-corrected chi connectivity index (χ1v) is 9.36. The highest BCUT2D eigenvalue weighted by Gasteiger charge is 2.17. The molecule has 0 unspecified atom stereocenters. The molecule has 0 aliphatic carbocycles. The number of nitrogens with two attached hydrogens (primary N) is 1. The molecule has 130 valence electrons. The maximum Gasteiger partial charge on any atom is 0.238 e. The number of sulfonamides is 1. The number of nitrogens with one attached hydrogen (secondary N) is 1. The van der Waals surface area contributed by atoms with Crippen molar-refractivity contribution in [3.05, 3.63) is 60.5 Å². The molecule has 0 saturated carbocycles. The molecule has 3 aromatic rings. The summed E-state index contributed by atoms with van der Waals surface area (Å²) in [6.07, 6.45) is 0.658. The third kappa shape index (κ3) is 3.96. The van der Waals surface area contributed by atoms with E-state index in [1.54, 1.807) is 12.1 Å². The van der Waals surface area contributed by atoms with Crippen LogP contribution in [0.5, 0.6) is 0 Å². The lowest BCUT2D eigenvalue weighted by molar-refractivity contribution is 0.501. The van der Waals surface area contributed by atoms with Gasteiger partial charge in [-0.25, -0.2) is 18.5 Å². The molecule has 1 heterocycles. The molecule has 0 spiro atoms. The van der Waals surface area contributed by atoms with E-state index < -0.39 is 10.0 Å². The second-order valence-electron chi connectivity index (χ2n) is 5.57. The molecular weight excluding hydrogens is 338 g/mol. The Balaban J connectivity index is 2.06. The van der Waals surface area contributed by atoms with Gasteiger partial charge in [0.15, 0.2) is 11.7 Å². The first-order chi connectivity index (χ1) is 12.0. The molecule has 0 fully saturated rings. The number of oxazole rings is 1. The minimum absolute atomic E-state index is 0.0661. The van der Waals surface area contributed by atoms with Gasteiger partial charge in [0, 0.05) is 24.1 Å². The Labute approximate surface area is 146 Å². The Morgan fingerprint density at radius 1 is 1.04 bits per heavy atom. The molecular formula is C18H19N3O3S. The topological polar surface area (TPSA) is 98.2 Å². The first kappa shape index (κ1) is 17.3. The van der Waals surface area contributed by atoms with Crippen LogP contribution in [0.25, 0.3) is 22.6 Å². The molecule has 25 heavy (non-hydrogen) atoms. The summed E-state index contributed by atoms with van der Waals surface area (Å²) in [4.78, 5) is 4.66. The number of rotatable bonds is 6. The monoisotopic (exact) mass is 357 g/mol. The smallest absolute Gasteiger partial charge is 0.238 e. The van der Waals surface area contributed by atoms with Crippen LogP contribution in [-0.4, -0.2) is 27.0 Å². The van der Waals surface area contributed by atoms with Gasteiger partial charge in [0.2, 0.25) is 10.0 Å². The summed E-state index contributed by atoms with van der Waals surface area (Å²) in [5, 5.41) is 8.22. The van der Waals surface area contributed by atoms with Crippen LogP contribution < -0.4 is 10.5 Å². The van der Waals surface area contributed by atoms with E-state index in [0.717, 1.165) is 17.7 Å². The van der Waals surface area contributed by atoms with Crippen LogP contribution in [0, 0.1) is 0 Å². The predicted molar refractivity (Wildman–Crippen MR) is 96.4 cm³/mol. The van der Waals surface area contributed by atoms with Gasteiger partial charge in [-0.3, -0.25) is 0 Å². The largest absolute Gasteiger partial charge is 0.440 e. The van der Waals surface area contributed by atoms with Crippen molar-refractivity contribution in [2.24, 2.45) is 5.14 Å². The van der Waals surface area contributed by atoms with Crippen molar-refractivity contribution in [2.45, 2.75) is 11.3 Å². The summed E-state index contributed by atoms with van der Waals surface area (Å²) in [6, 6.07) is 16.0. The maximum absolute atomic E-state index is 11.4. The normalized spacial score (nSPS) is 11.6. The van der Waals surface area contributed by atoms with E-state index in [1.807, 2.05) is 37.4 Å². The fraction of sp³-hybridized carbons (Fsp3) is 0.167. The fourth-order valence-electron chi connectivity index (χ4n) is 2.49. The van der Waals surface area contributed by atoms with E-state index in [9.17, 15) is 8.42 Å². The average molecular weight is 357 g/mol. The molecule has 0 amide bonds. The van der Waals surface area contributed by atoms with Gasteiger partial charge < -0.3 is 9.73 Å². The lowest BCUT2D eigenvalue weighted by Gasteiger charge is -2.03. The molecule has 3 N–H and O–H groups in total. The molecule has 0 bridgehead atoms. The van der Waals surface area contributed by atoms with E-state index >= 15 is 0 Å². The van der Waals surface area contributed by atoms with E-state index in [2.05, 4.69) is 10.3 Å². The molecule has 6 nitrogen and oxygen atoms in total. The summed E-state index contributed by atoms with van der Waals surface area (Å²) in [7, 11) is -1.85. The molecule has 1 aromatic heterocycles. The van der Waals surface area contributed by atoms with Gasteiger partial charge in [-0.2, -0.15) is 0 Å². The van der Waals surface area contributed by atoms with Crippen LogP contribution in [0.1, 0.15) is 5.89 Å². The van der Waals surface area contributed by atoms with Crippen LogP contribution in [0.2, 0.25) is 0 Å². The Hall–Kier alpha value is -2.48. The van der Waals surface area contributed by atoms with Crippen molar-refractivity contribution in [3.8, 4) is 22.6 Å². The highest BCUT2D eigenvalue weighted by molar-refractivity contribution is 7.89. The zero-order chi connectivity index (χ0) is 17.9. The van der Waals surface area contributed by atoms with Crippen molar-refractivity contribution in [2.75, 3.05) is 13.6 Å². The summed E-state index contributed by atoms with van der Waals surface area (Å²) >= 11 is 0. The molecule has 0 atom stereocenters. The third-order valence-corrected chi connectivity index (χ3v) is 4.68. The second-order valence-corrected chi connectivity index (χ2v) is 7.14. The van der Waals surface area contributed by atoms with Crippen LogP contribution in [0.3, 0.4) is 0 Å². The molecule has 0 saturated heterocycles. The second kappa shape index (κ2) is 7.18. The number of likely N-dealkylation sites (N-methyl/N-ethyl adjacent to an activating group) is 1. The molecule has 0 radical (unpaired) electrons. The van der Waals surface area contributed by atoms with Crippen molar-refractivity contribution in [3.63, 3.8) is 0 Å². The van der Waals surface area contributed by atoms with E-state index in [4.69, 9.17) is 9.56 Å². The lowest BCUT2D eigenvalue weighted by atomic mass is 10.1. The standard InChI is InChI=1S/C18H19N3O3S/c1-20-12-11-16-21-17(18(24-16)14-5-3-2-4-6-14)13-7-9-15(10-8-13)25(19,22)23/h2-10,20H,11-12H2,1H3,(H2,19,22,23). The number of hydrogen-bond donors (Lipinski definition) is 2. The summed E-state index contributed by atoms with van der Waals surface area (Å²) in [5.74, 6) is 1.29. The molecule has 2 aromatic carbocycles. The number of aromatic nitrogens is 1. The van der Waals surface area contributed by atoms with Gasteiger partial charge in [0.1, 0.15) is 5.69 Å². The maximum atomic E-state index is 11.4. The highest BCUT2D eigenvalue weighted by atomic mass is 32.2. The van der Waals surface area contributed by atoms with E-state index in [0.29, 0.717) is 23.8 Å². The zero-order valence-corrected chi connectivity index (χ0v) is 14.6. The van der Waals surface area contributed by atoms with Gasteiger partial charge in [0.05, 0.1) is 4.90 Å². The Bertz CT molecular complexity index is 949. The lowest BCUT2D eigenvalue weighted by Crippen LogP contribution is -2.11. The van der Waals surface area contributed by atoms with Gasteiger partial charge >= 0.3 is 0 Å². The number of primary sulfonamides is 1. The highest BCUT2D eigenvalue weighted by Crippen LogP contribution is 2.33. The Morgan fingerprint density at radius 3 is 2.32 bits per heavy atom. The van der Waals surface area contributed by atoms with Crippen LogP contribution >= 0.6 is 0 Å². The van der Waals surface area contributed by atoms with Crippen molar-refractivity contribution >= 4 is 10.0 Å². The van der Waals surface area contributed by atoms with Gasteiger partial charge in [-0.1, -0.05) is 42.5 Å². The minimum Gasteiger partial charge on any atom is -0.440 e. The van der Waals surface area contributed by atoms with Crippen molar-refractivity contribution in [1.82, 2.24) is 10.3 Å². The molecule has 3 rings (SSSR count). The Kier molecular flexibility index (Phi) is 4.98. The summed E-state index contributed by atoms with van der Waals surface area (Å²) in [6.45, 7) is 0.749.